The van der Waals surface area contributed by atoms with E-state index in [0.29, 0.717) is 13.0 Å². The summed E-state index contributed by atoms with van der Waals surface area (Å²) in [4.78, 5) is 35.7. The van der Waals surface area contributed by atoms with Gasteiger partial charge in [-0.25, -0.2) is 4.79 Å². The number of nitrogens with zero attached hydrogens (tertiary/aromatic N) is 1. The van der Waals surface area contributed by atoms with Crippen LogP contribution in [0.1, 0.15) is 12.5 Å². The maximum Gasteiger partial charge on any atom is 0.330 e. The zero-order valence-electron chi connectivity index (χ0n) is 12.2. The molecule has 116 valence electrons. The van der Waals surface area contributed by atoms with Crippen molar-refractivity contribution in [2.24, 2.45) is 0 Å². The summed E-state index contributed by atoms with van der Waals surface area (Å²) in [5, 5.41) is 9.13. The summed E-state index contributed by atoms with van der Waals surface area (Å²) < 4.78 is 0. The summed E-state index contributed by atoms with van der Waals surface area (Å²) in [6.45, 7) is 1.68. The lowest BCUT2D eigenvalue weighted by atomic mass is 10.1. The molecule has 2 rings (SSSR count). The zero-order chi connectivity index (χ0) is 16.1. The van der Waals surface area contributed by atoms with Crippen molar-refractivity contribution in [2.75, 3.05) is 12.3 Å². The molecule has 1 atom stereocenters. The summed E-state index contributed by atoms with van der Waals surface area (Å²) in [7, 11) is 0. The predicted molar refractivity (Wildman–Crippen MR) is 84.5 cm³/mol. The Bertz CT molecular complexity index is 612. The van der Waals surface area contributed by atoms with E-state index >= 15 is 0 Å². The number of hydrogen-bond donors (Lipinski definition) is 1. The first-order valence-corrected chi connectivity index (χ1v) is 7.85. The zero-order valence-corrected chi connectivity index (χ0v) is 13.0. The lowest BCUT2D eigenvalue weighted by Crippen LogP contribution is -2.42. The smallest absolute Gasteiger partial charge is 0.330 e. The normalized spacial score (nSPS) is 17.2. The van der Waals surface area contributed by atoms with E-state index < -0.39 is 12.0 Å². The van der Waals surface area contributed by atoms with E-state index in [9.17, 15) is 19.5 Å². The summed E-state index contributed by atoms with van der Waals surface area (Å²) >= 11 is 0.899. The van der Waals surface area contributed by atoms with Crippen LogP contribution in [0.25, 0.3) is 0 Å². The average Bonchev–Trinajstić information content (AvgIpc) is 2.90. The molecule has 1 aliphatic heterocycles. The average molecular weight is 319 g/mol. The molecule has 22 heavy (non-hydrogen) atoms. The maximum absolute atomic E-state index is 12.1. The van der Waals surface area contributed by atoms with Gasteiger partial charge in [-0.15, -0.1) is 0 Å². The quantitative estimate of drug-likeness (QED) is 0.837. The van der Waals surface area contributed by atoms with Gasteiger partial charge in [0, 0.05) is 13.5 Å². The second-order valence-corrected chi connectivity index (χ2v) is 6.22. The molecule has 1 aliphatic rings. The first kappa shape index (κ1) is 16.3. The van der Waals surface area contributed by atoms with Crippen molar-refractivity contribution in [3.63, 3.8) is 0 Å². The van der Waals surface area contributed by atoms with Crippen LogP contribution in [0, 0.1) is 0 Å². The van der Waals surface area contributed by atoms with Gasteiger partial charge in [-0.05, 0) is 23.6 Å². The number of aliphatic carboxylic acids is 1. The Hall–Kier alpha value is -2.08. The van der Waals surface area contributed by atoms with Gasteiger partial charge in [-0.1, -0.05) is 42.1 Å². The molecular formula is C16H17NO4S. The molecule has 1 aromatic carbocycles. The highest BCUT2D eigenvalue weighted by molar-refractivity contribution is 8.14. The first-order valence-electron chi connectivity index (χ1n) is 6.86. The monoisotopic (exact) mass is 319 g/mol. The van der Waals surface area contributed by atoms with Crippen LogP contribution in [0.5, 0.6) is 0 Å². The molecule has 6 heteroatoms. The molecule has 0 bridgehead atoms. The molecule has 0 saturated heterocycles. The van der Waals surface area contributed by atoms with Crippen molar-refractivity contribution in [1.82, 2.24) is 4.90 Å². The molecule has 1 aromatic rings. The largest absolute Gasteiger partial charge is 0.479 e. The van der Waals surface area contributed by atoms with Crippen LogP contribution in [0.15, 0.2) is 42.0 Å². The minimum atomic E-state index is -1.05. The Morgan fingerprint density at radius 1 is 1.27 bits per heavy atom. The van der Waals surface area contributed by atoms with Crippen molar-refractivity contribution < 1.29 is 19.5 Å². The second-order valence-electron chi connectivity index (χ2n) is 5.07. The minimum Gasteiger partial charge on any atom is -0.479 e. The van der Waals surface area contributed by atoms with Crippen molar-refractivity contribution in [3.8, 4) is 0 Å². The summed E-state index contributed by atoms with van der Waals surface area (Å²) in [6, 6.07) is 8.75. The Labute approximate surface area is 133 Å². The van der Waals surface area contributed by atoms with E-state index in [1.54, 1.807) is 6.08 Å². The number of hydrogen-bond acceptors (Lipinski definition) is 4. The molecular weight excluding hydrogens is 302 g/mol. The lowest BCUT2D eigenvalue weighted by Gasteiger charge is -2.21. The molecule has 0 fully saturated rings. The van der Waals surface area contributed by atoms with Crippen LogP contribution in [-0.4, -0.2) is 45.3 Å². The molecule has 0 radical (unpaired) electrons. The van der Waals surface area contributed by atoms with Gasteiger partial charge in [-0.3, -0.25) is 9.59 Å². The standard InChI is InChI=1S/C16H17NO4S/c1-11(18)22-10-15(19)17-9-13(8-14(17)16(20)21)7-12-5-3-2-4-6-12/h2-6,8,14H,7,9-10H2,1H3,(H,20,21)/t14-/m0/s1. The number of benzene rings is 1. The number of carboxylic acid groups (broad SMARTS) is 1. The molecule has 1 amide bonds. The van der Waals surface area contributed by atoms with Crippen molar-refractivity contribution >= 4 is 28.8 Å². The van der Waals surface area contributed by atoms with Crippen molar-refractivity contribution in [2.45, 2.75) is 19.4 Å². The number of carboxylic acids is 1. The third-order valence-corrected chi connectivity index (χ3v) is 4.15. The molecule has 0 spiro atoms. The summed E-state index contributed by atoms with van der Waals surface area (Å²) in [5.74, 6) is -1.40. The fraction of sp³-hybridized carbons (Fsp3) is 0.312. The Morgan fingerprint density at radius 3 is 2.55 bits per heavy atom. The van der Waals surface area contributed by atoms with E-state index in [-0.39, 0.29) is 16.8 Å². The van der Waals surface area contributed by atoms with Gasteiger partial charge < -0.3 is 10.0 Å². The van der Waals surface area contributed by atoms with Crippen molar-refractivity contribution in [1.29, 1.82) is 0 Å². The number of amides is 1. The summed E-state index contributed by atoms with van der Waals surface area (Å²) in [5.41, 5.74) is 1.98. The van der Waals surface area contributed by atoms with Crippen LogP contribution in [0.4, 0.5) is 0 Å². The second kappa shape index (κ2) is 7.26. The highest BCUT2D eigenvalue weighted by atomic mass is 32.2. The third-order valence-electron chi connectivity index (χ3n) is 3.35. The van der Waals surface area contributed by atoms with Crippen LogP contribution in [0.3, 0.4) is 0 Å². The fourth-order valence-electron chi connectivity index (χ4n) is 2.35. The fourth-order valence-corrected chi connectivity index (χ4v) is 2.84. The topological polar surface area (TPSA) is 74.7 Å². The molecule has 0 aromatic heterocycles. The van der Waals surface area contributed by atoms with Gasteiger partial charge in [-0.2, -0.15) is 0 Å². The van der Waals surface area contributed by atoms with E-state index in [1.807, 2.05) is 30.3 Å². The minimum absolute atomic E-state index is 0.0223. The van der Waals surface area contributed by atoms with Gasteiger partial charge in [0.2, 0.25) is 5.91 Å². The molecule has 0 unspecified atom stereocenters. The molecule has 5 nitrogen and oxygen atoms in total. The molecule has 1 heterocycles. The predicted octanol–water partition coefficient (Wildman–Crippen LogP) is 1.73. The van der Waals surface area contributed by atoms with Crippen molar-refractivity contribution in [3.05, 3.63) is 47.5 Å². The van der Waals surface area contributed by atoms with Crippen LogP contribution in [-0.2, 0) is 20.8 Å². The van der Waals surface area contributed by atoms with E-state index in [2.05, 4.69) is 0 Å². The van der Waals surface area contributed by atoms with Crippen LogP contribution in [0.2, 0.25) is 0 Å². The Kier molecular flexibility index (Phi) is 5.38. The van der Waals surface area contributed by atoms with E-state index in [4.69, 9.17) is 0 Å². The molecule has 0 saturated carbocycles. The number of carbonyl (C=O) groups is 3. The number of thioether (sulfide) groups is 1. The number of rotatable bonds is 5. The molecule has 0 aliphatic carbocycles. The SMILES string of the molecule is CC(=O)SCC(=O)N1CC(Cc2ccccc2)=C[C@H]1C(=O)O. The van der Waals surface area contributed by atoms with Gasteiger partial charge in [0.1, 0.15) is 6.04 Å². The van der Waals surface area contributed by atoms with Gasteiger partial charge >= 0.3 is 5.97 Å². The van der Waals surface area contributed by atoms with Gasteiger partial charge in [0.15, 0.2) is 5.12 Å². The molecule has 1 N–H and O–H groups in total. The Morgan fingerprint density at radius 2 is 1.95 bits per heavy atom. The van der Waals surface area contributed by atoms with Crippen LogP contribution < -0.4 is 0 Å². The maximum atomic E-state index is 12.1. The van der Waals surface area contributed by atoms with Gasteiger partial charge in [0.25, 0.3) is 0 Å². The third kappa shape index (κ3) is 4.21. The highest BCUT2D eigenvalue weighted by Crippen LogP contribution is 2.21. The first-order chi connectivity index (χ1) is 10.5. The summed E-state index contributed by atoms with van der Waals surface area (Å²) in [6.07, 6.45) is 2.25. The lowest BCUT2D eigenvalue weighted by molar-refractivity contribution is -0.146. The van der Waals surface area contributed by atoms with Gasteiger partial charge in [0.05, 0.1) is 5.75 Å². The number of carbonyl (C=O) groups excluding carboxylic acids is 2. The Balaban J connectivity index is 2.06. The van der Waals surface area contributed by atoms with E-state index in [0.717, 1.165) is 22.9 Å². The van der Waals surface area contributed by atoms with Crippen LogP contribution >= 0.6 is 11.8 Å². The van der Waals surface area contributed by atoms with E-state index in [1.165, 1.54) is 11.8 Å². The highest BCUT2D eigenvalue weighted by Gasteiger charge is 2.33.